The fraction of sp³-hybridized carbons (Fsp3) is 0.333. The van der Waals surface area contributed by atoms with Crippen molar-refractivity contribution >= 4 is 10.0 Å². The van der Waals surface area contributed by atoms with Gasteiger partial charge in [-0.1, -0.05) is 18.2 Å². The largest absolute Gasteiger partial charge is 0.497 e. The molecule has 0 aliphatic carbocycles. The molecule has 0 bridgehead atoms. The van der Waals surface area contributed by atoms with Crippen LogP contribution in [0.25, 0.3) is 0 Å². The Labute approximate surface area is 142 Å². The summed E-state index contributed by atoms with van der Waals surface area (Å²) < 4.78 is 39.3. The molecule has 0 saturated heterocycles. The molecule has 2 aromatic carbocycles. The number of methoxy groups -OCH3 is 1. The summed E-state index contributed by atoms with van der Waals surface area (Å²) >= 11 is 0. The number of hydrogen-bond acceptors (Lipinski definition) is 4. The molecule has 6 heteroatoms. The van der Waals surface area contributed by atoms with E-state index in [1.54, 1.807) is 33.1 Å². The third-order valence-corrected chi connectivity index (χ3v) is 5.96. The van der Waals surface area contributed by atoms with Gasteiger partial charge in [-0.25, -0.2) is 13.1 Å². The standard InChI is InChI=1S/C18H21NO4S/c1-12-8-16(22-3)9-13(2)18(12)24(20,21)19-15-10-14-6-4-5-7-17(14)23-11-15/h4-9,15,19H,10-11H2,1-3H3. The van der Waals surface area contributed by atoms with Gasteiger partial charge in [-0.2, -0.15) is 0 Å². The van der Waals surface area contributed by atoms with E-state index in [1.165, 1.54) is 0 Å². The van der Waals surface area contributed by atoms with E-state index < -0.39 is 10.0 Å². The van der Waals surface area contributed by atoms with Crippen molar-refractivity contribution in [3.8, 4) is 11.5 Å². The van der Waals surface area contributed by atoms with Crippen molar-refractivity contribution in [2.24, 2.45) is 0 Å². The Balaban J connectivity index is 1.85. The van der Waals surface area contributed by atoms with Gasteiger partial charge >= 0.3 is 0 Å². The van der Waals surface area contributed by atoms with Crippen LogP contribution in [0.5, 0.6) is 11.5 Å². The Bertz CT molecular complexity index is 838. The van der Waals surface area contributed by atoms with Crippen LogP contribution >= 0.6 is 0 Å². The first kappa shape index (κ1) is 16.8. The zero-order chi connectivity index (χ0) is 17.3. The van der Waals surface area contributed by atoms with Crippen molar-refractivity contribution in [2.45, 2.75) is 31.2 Å². The van der Waals surface area contributed by atoms with Gasteiger partial charge in [0.2, 0.25) is 10.0 Å². The number of ether oxygens (including phenoxy) is 2. The molecule has 0 fully saturated rings. The highest BCUT2D eigenvalue weighted by Gasteiger charge is 2.27. The van der Waals surface area contributed by atoms with Gasteiger partial charge in [-0.05, 0) is 55.2 Å². The quantitative estimate of drug-likeness (QED) is 0.923. The monoisotopic (exact) mass is 347 g/mol. The Morgan fingerprint density at radius 2 is 1.83 bits per heavy atom. The number of benzene rings is 2. The Morgan fingerprint density at radius 3 is 2.50 bits per heavy atom. The summed E-state index contributed by atoms with van der Waals surface area (Å²) in [5.41, 5.74) is 2.34. The van der Waals surface area contributed by atoms with Crippen LogP contribution in [0.15, 0.2) is 41.3 Å². The second kappa shape index (κ2) is 6.45. The minimum atomic E-state index is -3.63. The van der Waals surface area contributed by atoms with Gasteiger partial charge in [0.05, 0.1) is 18.0 Å². The lowest BCUT2D eigenvalue weighted by atomic mass is 10.0. The predicted octanol–water partition coefficient (Wildman–Crippen LogP) is 2.59. The molecule has 2 aromatic rings. The van der Waals surface area contributed by atoms with E-state index in [4.69, 9.17) is 9.47 Å². The van der Waals surface area contributed by atoms with E-state index in [0.29, 0.717) is 34.8 Å². The SMILES string of the molecule is COc1cc(C)c(S(=O)(=O)NC2COc3ccccc3C2)c(C)c1. The molecule has 1 heterocycles. The lowest BCUT2D eigenvalue weighted by Gasteiger charge is -2.26. The van der Waals surface area contributed by atoms with Gasteiger partial charge in [-0.15, -0.1) is 0 Å². The van der Waals surface area contributed by atoms with Gasteiger partial charge in [-0.3, -0.25) is 0 Å². The molecule has 1 unspecified atom stereocenters. The van der Waals surface area contributed by atoms with Gasteiger partial charge in [0, 0.05) is 0 Å². The summed E-state index contributed by atoms with van der Waals surface area (Å²) in [5, 5.41) is 0. The van der Waals surface area contributed by atoms with Crippen molar-refractivity contribution in [2.75, 3.05) is 13.7 Å². The maximum Gasteiger partial charge on any atom is 0.241 e. The van der Waals surface area contributed by atoms with Crippen LogP contribution < -0.4 is 14.2 Å². The zero-order valence-corrected chi connectivity index (χ0v) is 14.8. The molecule has 1 aliphatic heterocycles. The highest BCUT2D eigenvalue weighted by atomic mass is 32.2. The van der Waals surface area contributed by atoms with E-state index in [2.05, 4.69) is 4.72 Å². The first-order valence-electron chi connectivity index (χ1n) is 7.79. The molecule has 128 valence electrons. The third-order valence-electron chi connectivity index (χ3n) is 4.14. The topological polar surface area (TPSA) is 64.6 Å². The lowest BCUT2D eigenvalue weighted by molar-refractivity contribution is 0.254. The fourth-order valence-corrected chi connectivity index (χ4v) is 4.81. The number of aryl methyl sites for hydroxylation is 2. The zero-order valence-electron chi connectivity index (χ0n) is 14.0. The minimum absolute atomic E-state index is 0.286. The molecule has 0 amide bonds. The molecule has 5 nitrogen and oxygen atoms in total. The first-order valence-corrected chi connectivity index (χ1v) is 9.27. The minimum Gasteiger partial charge on any atom is -0.497 e. The van der Waals surface area contributed by atoms with Crippen molar-refractivity contribution in [3.05, 3.63) is 53.1 Å². The summed E-state index contributed by atoms with van der Waals surface area (Å²) in [7, 11) is -2.07. The van der Waals surface area contributed by atoms with Crippen LogP contribution in [-0.2, 0) is 16.4 Å². The highest BCUT2D eigenvalue weighted by molar-refractivity contribution is 7.89. The average molecular weight is 347 g/mol. The lowest BCUT2D eigenvalue weighted by Crippen LogP contribution is -2.43. The van der Waals surface area contributed by atoms with Crippen LogP contribution in [-0.4, -0.2) is 28.2 Å². The van der Waals surface area contributed by atoms with Crippen molar-refractivity contribution < 1.29 is 17.9 Å². The molecule has 3 rings (SSSR count). The molecular formula is C18H21NO4S. The van der Waals surface area contributed by atoms with Crippen LogP contribution in [0.3, 0.4) is 0 Å². The summed E-state index contributed by atoms with van der Waals surface area (Å²) in [4.78, 5) is 0.308. The number of rotatable bonds is 4. The Hall–Kier alpha value is -2.05. The molecule has 0 saturated carbocycles. The van der Waals surface area contributed by atoms with Crippen LogP contribution in [0.2, 0.25) is 0 Å². The Kier molecular flexibility index (Phi) is 4.51. The van der Waals surface area contributed by atoms with Crippen LogP contribution in [0.4, 0.5) is 0 Å². The number of para-hydroxylation sites is 1. The molecule has 24 heavy (non-hydrogen) atoms. The summed E-state index contributed by atoms with van der Waals surface area (Å²) in [6.45, 7) is 3.87. The average Bonchev–Trinajstić information content (AvgIpc) is 2.53. The molecule has 0 aromatic heterocycles. The van der Waals surface area contributed by atoms with E-state index in [-0.39, 0.29) is 6.04 Å². The first-order chi connectivity index (χ1) is 11.4. The molecule has 1 N–H and O–H groups in total. The summed E-state index contributed by atoms with van der Waals surface area (Å²) in [6, 6.07) is 10.9. The van der Waals surface area contributed by atoms with Crippen molar-refractivity contribution in [3.63, 3.8) is 0 Å². The maximum absolute atomic E-state index is 12.8. The van der Waals surface area contributed by atoms with Gasteiger partial charge in [0.1, 0.15) is 18.1 Å². The highest BCUT2D eigenvalue weighted by Crippen LogP contribution is 2.28. The number of sulfonamides is 1. The number of fused-ring (bicyclic) bond motifs is 1. The molecule has 1 aliphatic rings. The number of nitrogens with one attached hydrogen (secondary N) is 1. The Morgan fingerprint density at radius 1 is 1.17 bits per heavy atom. The van der Waals surface area contributed by atoms with Crippen LogP contribution in [0, 0.1) is 13.8 Å². The van der Waals surface area contributed by atoms with Gasteiger partial charge < -0.3 is 9.47 Å². The third kappa shape index (κ3) is 3.25. The summed E-state index contributed by atoms with van der Waals surface area (Å²) in [5.74, 6) is 1.48. The summed E-state index contributed by atoms with van der Waals surface area (Å²) in [6.07, 6.45) is 0.615. The number of hydrogen-bond donors (Lipinski definition) is 1. The van der Waals surface area contributed by atoms with Gasteiger partial charge in [0.25, 0.3) is 0 Å². The van der Waals surface area contributed by atoms with E-state index >= 15 is 0 Å². The molecular weight excluding hydrogens is 326 g/mol. The van der Waals surface area contributed by atoms with E-state index in [9.17, 15) is 8.42 Å². The smallest absolute Gasteiger partial charge is 0.241 e. The van der Waals surface area contributed by atoms with E-state index in [0.717, 1.165) is 11.3 Å². The van der Waals surface area contributed by atoms with E-state index in [1.807, 2.05) is 24.3 Å². The predicted molar refractivity (Wildman–Crippen MR) is 92.2 cm³/mol. The van der Waals surface area contributed by atoms with Crippen molar-refractivity contribution in [1.82, 2.24) is 4.72 Å². The normalized spacial score (nSPS) is 17.0. The fourth-order valence-electron chi connectivity index (χ4n) is 3.13. The van der Waals surface area contributed by atoms with Crippen molar-refractivity contribution in [1.29, 1.82) is 0 Å². The van der Waals surface area contributed by atoms with Crippen LogP contribution in [0.1, 0.15) is 16.7 Å². The molecule has 1 atom stereocenters. The molecule has 0 radical (unpaired) electrons. The maximum atomic E-state index is 12.8. The second-order valence-corrected chi connectivity index (χ2v) is 7.68. The molecule has 0 spiro atoms. The van der Waals surface area contributed by atoms with Gasteiger partial charge in [0.15, 0.2) is 0 Å². The second-order valence-electron chi connectivity index (χ2n) is 6.03.